The minimum atomic E-state index is -1.02. The fraction of sp³-hybridized carbons (Fsp3) is 0.333. The summed E-state index contributed by atoms with van der Waals surface area (Å²) in [6.45, 7) is 2.26. The first-order valence-electron chi connectivity index (χ1n) is 12.5. The van der Waals surface area contributed by atoms with Gasteiger partial charge in [-0.2, -0.15) is 0 Å². The SMILES string of the molecule is CCCCCCCCCCSc1ccc(-c2ccc(C(=O)Oc3ccc(C(=O)O)cc3)cc2)cc1. The Kier molecular flexibility index (Phi) is 10.9. The highest BCUT2D eigenvalue weighted by atomic mass is 32.2. The molecular weight excluding hydrogens is 456 g/mol. The van der Waals surface area contributed by atoms with Crippen LogP contribution in [-0.2, 0) is 0 Å². The number of hydrogen-bond donors (Lipinski definition) is 1. The highest BCUT2D eigenvalue weighted by Gasteiger charge is 2.10. The van der Waals surface area contributed by atoms with Crippen LogP contribution in [0, 0.1) is 0 Å². The van der Waals surface area contributed by atoms with Crippen molar-refractivity contribution in [1.29, 1.82) is 0 Å². The summed E-state index contributed by atoms with van der Waals surface area (Å²) in [4.78, 5) is 24.6. The number of ether oxygens (including phenoxy) is 1. The molecule has 0 unspecified atom stereocenters. The Labute approximate surface area is 212 Å². The molecule has 5 heteroatoms. The quantitative estimate of drug-likeness (QED) is 0.106. The first-order chi connectivity index (χ1) is 17.1. The topological polar surface area (TPSA) is 63.6 Å². The van der Waals surface area contributed by atoms with Gasteiger partial charge >= 0.3 is 11.9 Å². The minimum Gasteiger partial charge on any atom is -0.478 e. The molecule has 3 rings (SSSR count). The number of carboxylic acids is 1. The summed E-state index contributed by atoms with van der Waals surface area (Å²) in [6.07, 6.45) is 10.8. The molecule has 0 amide bonds. The van der Waals surface area contributed by atoms with Gasteiger partial charge in [-0.1, -0.05) is 76.1 Å². The van der Waals surface area contributed by atoms with Crippen LogP contribution in [0.3, 0.4) is 0 Å². The summed E-state index contributed by atoms with van der Waals surface area (Å²) in [6, 6.07) is 21.6. The van der Waals surface area contributed by atoms with Gasteiger partial charge in [-0.25, -0.2) is 9.59 Å². The molecule has 0 fully saturated rings. The molecular formula is C30H34O4S. The van der Waals surface area contributed by atoms with Crippen LogP contribution in [-0.4, -0.2) is 22.8 Å². The Morgan fingerprint density at radius 1 is 0.686 bits per heavy atom. The lowest BCUT2D eigenvalue weighted by molar-refractivity contribution is 0.0696. The van der Waals surface area contributed by atoms with Crippen molar-refractivity contribution >= 4 is 23.7 Å². The molecule has 0 aliphatic carbocycles. The smallest absolute Gasteiger partial charge is 0.343 e. The lowest BCUT2D eigenvalue weighted by Gasteiger charge is -2.07. The minimum absolute atomic E-state index is 0.145. The Morgan fingerprint density at radius 2 is 1.20 bits per heavy atom. The van der Waals surface area contributed by atoms with E-state index in [1.54, 1.807) is 12.1 Å². The molecule has 0 aliphatic rings. The number of thioether (sulfide) groups is 1. The standard InChI is InChI=1S/C30H34O4S/c1-2-3-4-5-6-7-8-9-22-35-28-20-16-24(17-21-28)23-10-12-26(13-11-23)30(33)34-27-18-14-25(15-19-27)29(31)32/h10-21H,2-9,22H2,1H3,(H,31,32). The highest BCUT2D eigenvalue weighted by molar-refractivity contribution is 7.99. The average Bonchev–Trinajstić information content (AvgIpc) is 2.88. The number of aromatic carboxylic acids is 1. The van der Waals surface area contributed by atoms with Gasteiger partial charge in [0.2, 0.25) is 0 Å². The van der Waals surface area contributed by atoms with E-state index in [-0.39, 0.29) is 5.56 Å². The van der Waals surface area contributed by atoms with Crippen LogP contribution in [0.25, 0.3) is 11.1 Å². The molecule has 0 atom stereocenters. The van der Waals surface area contributed by atoms with Gasteiger partial charge in [0.25, 0.3) is 0 Å². The zero-order chi connectivity index (χ0) is 24.9. The number of carboxylic acid groups (broad SMARTS) is 1. The maximum atomic E-state index is 12.4. The van der Waals surface area contributed by atoms with E-state index in [0.717, 1.165) is 16.9 Å². The third-order valence-corrected chi connectivity index (χ3v) is 6.98. The monoisotopic (exact) mass is 490 g/mol. The van der Waals surface area contributed by atoms with Crippen LogP contribution in [0.1, 0.15) is 79.0 Å². The van der Waals surface area contributed by atoms with Crippen molar-refractivity contribution in [2.45, 2.75) is 63.2 Å². The summed E-state index contributed by atoms with van der Waals surface area (Å²) < 4.78 is 5.35. The van der Waals surface area contributed by atoms with Gasteiger partial charge in [-0.15, -0.1) is 11.8 Å². The molecule has 0 saturated heterocycles. The number of benzene rings is 3. The predicted molar refractivity (Wildman–Crippen MR) is 144 cm³/mol. The molecule has 0 saturated carbocycles. The van der Waals surface area contributed by atoms with E-state index >= 15 is 0 Å². The Hall–Kier alpha value is -3.05. The van der Waals surface area contributed by atoms with Gasteiger partial charge in [0.15, 0.2) is 0 Å². The Bertz CT molecular complexity index is 1060. The van der Waals surface area contributed by atoms with Crippen LogP contribution in [0.2, 0.25) is 0 Å². The van der Waals surface area contributed by atoms with Gasteiger partial charge in [-0.3, -0.25) is 0 Å². The zero-order valence-electron chi connectivity index (χ0n) is 20.4. The molecule has 3 aromatic carbocycles. The molecule has 0 aromatic heterocycles. The normalized spacial score (nSPS) is 10.8. The van der Waals surface area contributed by atoms with E-state index in [1.807, 2.05) is 23.9 Å². The third kappa shape index (κ3) is 8.91. The van der Waals surface area contributed by atoms with Crippen molar-refractivity contribution < 1.29 is 19.4 Å². The van der Waals surface area contributed by atoms with Crippen molar-refractivity contribution in [3.8, 4) is 16.9 Å². The molecule has 0 heterocycles. The molecule has 0 spiro atoms. The van der Waals surface area contributed by atoms with E-state index in [1.165, 1.54) is 80.5 Å². The third-order valence-electron chi connectivity index (χ3n) is 5.89. The van der Waals surface area contributed by atoms with Crippen LogP contribution in [0.5, 0.6) is 5.75 Å². The molecule has 0 aliphatic heterocycles. The fourth-order valence-corrected chi connectivity index (χ4v) is 4.71. The van der Waals surface area contributed by atoms with Crippen LogP contribution in [0.4, 0.5) is 0 Å². The summed E-state index contributed by atoms with van der Waals surface area (Å²) in [5.41, 5.74) is 2.72. The van der Waals surface area contributed by atoms with Gasteiger partial charge in [0, 0.05) is 4.90 Å². The second-order valence-corrected chi connectivity index (χ2v) is 9.81. The van der Waals surface area contributed by atoms with Gasteiger partial charge < -0.3 is 9.84 Å². The summed E-state index contributed by atoms with van der Waals surface area (Å²) in [5, 5.41) is 8.96. The van der Waals surface area contributed by atoms with Crippen LogP contribution >= 0.6 is 11.8 Å². The number of hydrogen-bond acceptors (Lipinski definition) is 4. The number of unbranched alkanes of at least 4 members (excludes halogenated alkanes) is 7. The van der Waals surface area contributed by atoms with Gasteiger partial charge in [0.05, 0.1) is 11.1 Å². The molecule has 35 heavy (non-hydrogen) atoms. The molecule has 4 nitrogen and oxygen atoms in total. The van der Waals surface area contributed by atoms with E-state index in [9.17, 15) is 9.59 Å². The van der Waals surface area contributed by atoms with Crippen molar-refractivity contribution in [3.05, 3.63) is 83.9 Å². The largest absolute Gasteiger partial charge is 0.478 e. The van der Waals surface area contributed by atoms with E-state index in [0.29, 0.717) is 11.3 Å². The summed E-state index contributed by atoms with van der Waals surface area (Å²) in [7, 11) is 0. The average molecular weight is 491 g/mol. The van der Waals surface area contributed by atoms with Crippen molar-refractivity contribution in [1.82, 2.24) is 0 Å². The molecule has 1 N–H and O–H groups in total. The van der Waals surface area contributed by atoms with Crippen molar-refractivity contribution in [2.24, 2.45) is 0 Å². The summed E-state index contributed by atoms with van der Waals surface area (Å²) >= 11 is 1.91. The predicted octanol–water partition coefficient (Wildman–Crippen LogP) is 8.50. The van der Waals surface area contributed by atoms with Crippen LogP contribution < -0.4 is 4.74 Å². The fourth-order valence-electron chi connectivity index (χ4n) is 3.80. The maximum absolute atomic E-state index is 12.4. The molecule has 184 valence electrons. The highest BCUT2D eigenvalue weighted by Crippen LogP contribution is 2.26. The summed E-state index contributed by atoms with van der Waals surface area (Å²) in [5.74, 6) is -0.0329. The molecule has 0 bridgehead atoms. The number of esters is 1. The van der Waals surface area contributed by atoms with Crippen molar-refractivity contribution in [3.63, 3.8) is 0 Å². The van der Waals surface area contributed by atoms with Gasteiger partial charge in [0.1, 0.15) is 5.75 Å². The van der Waals surface area contributed by atoms with E-state index in [4.69, 9.17) is 9.84 Å². The lowest BCUT2D eigenvalue weighted by atomic mass is 10.0. The Balaban J connectivity index is 1.43. The number of carbonyl (C=O) groups is 2. The van der Waals surface area contributed by atoms with Crippen molar-refractivity contribution in [2.75, 3.05) is 5.75 Å². The second-order valence-electron chi connectivity index (χ2n) is 8.64. The lowest BCUT2D eigenvalue weighted by Crippen LogP contribution is -2.08. The first kappa shape index (κ1) is 26.6. The zero-order valence-corrected chi connectivity index (χ0v) is 21.2. The molecule has 3 aromatic rings. The van der Waals surface area contributed by atoms with E-state index in [2.05, 4.69) is 31.2 Å². The van der Waals surface area contributed by atoms with E-state index < -0.39 is 11.9 Å². The van der Waals surface area contributed by atoms with Crippen LogP contribution in [0.15, 0.2) is 77.7 Å². The second kappa shape index (κ2) is 14.4. The first-order valence-corrected chi connectivity index (χ1v) is 13.4. The van der Waals surface area contributed by atoms with Gasteiger partial charge in [-0.05, 0) is 71.8 Å². The number of carbonyl (C=O) groups excluding carboxylic acids is 1. The molecule has 0 radical (unpaired) electrons. The Morgan fingerprint density at radius 3 is 1.77 bits per heavy atom. The maximum Gasteiger partial charge on any atom is 0.343 e. The number of rotatable bonds is 14.